The molecule has 1 saturated heterocycles. The van der Waals surface area contributed by atoms with Gasteiger partial charge in [-0.25, -0.2) is 13.1 Å². The number of anilines is 1. The van der Waals surface area contributed by atoms with E-state index in [1.165, 1.54) is 37.6 Å². The first-order valence-electron chi connectivity index (χ1n) is 9.51. The molecule has 0 bridgehead atoms. The van der Waals surface area contributed by atoms with Gasteiger partial charge in [0.1, 0.15) is 5.76 Å². The Hall–Kier alpha value is -2.69. The lowest BCUT2D eigenvalue weighted by Crippen LogP contribution is -2.35. The van der Waals surface area contributed by atoms with Crippen LogP contribution in [0.15, 0.2) is 52.0 Å². The minimum Gasteiger partial charge on any atom is -0.467 e. The predicted molar refractivity (Wildman–Crippen MR) is 109 cm³/mol. The number of furan rings is 1. The SMILES string of the molecule is COCC(C)NS(=O)(=O)c1ccc(NC(=O)C2CC(=O)N(Cc3ccco3)C2)cc1. The highest BCUT2D eigenvalue weighted by Gasteiger charge is 2.34. The van der Waals surface area contributed by atoms with Gasteiger partial charge < -0.3 is 19.4 Å². The van der Waals surface area contributed by atoms with Crippen LogP contribution in [-0.2, 0) is 30.9 Å². The number of hydrogen-bond acceptors (Lipinski definition) is 6. The largest absolute Gasteiger partial charge is 0.467 e. The van der Waals surface area contributed by atoms with Crippen molar-refractivity contribution in [3.05, 3.63) is 48.4 Å². The third kappa shape index (κ3) is 5.47. The van der Waals surface area contributed by atoms with Crippen molar-refractivity contribution in [1.82, 2.24) is 9.62 Å². The van der Waals surface area contributed by atoms with E-state index in [1.807, 2.05) is 0 Å². The normalized spacial score (nSPS) is 17.9. The Labute approximate surface area is 175 Å². The number of carbonyl (C=O) groups excluding carboxylic acids is 2. The summed E-state index contributed by atoms with van der Waals surface area (Å²) >= 11 is 0. The van der Waals surface area contributed by atoms with Crippen molar-refractivity contribution in [3.8, 4) is 0 Å². The molecule has 1 aromatic carbocycles. The molecule has 2 amide bonds. The molecule has 0 saturated carbocycles. The zero-order valence-corrected chi connectivity index (χ0v) is 17.6. The molecule has 9 nitrogen and oxygen atoms in total. The number of amides is 2. The molecule has 0 aliphatic carbocycles. The van der Waals surface area contributed by atoms with E-state index >= 15 is 0 Å². The lowest BCUT2D eigenvalue weighted by Gasteiger charge is -2.15. The van der Waals surface area contributed by atoms with Crippen LogP contribution < -0.4 is 10.0 Å². The van der Waals surface area contributed by atoms with Gasteiger partial charge >= 0.3 is 0 Å². The van der Waals surface area contributed by atoms with Crippen molar-refractivity contribution < 1.29 is 27.2 Å². The zero-order chi connectivity index (χ0) is 21.7. The van der Waals surface area contributed by atoms with E-state index in [2.05, 4.69) is 10.0 Å². The summed E-state index contributed by atoms with van der Waals surface area (Å²) in [4.78, 5) is 26.4. The summed E-state index contributed by atoms with van der Waals surface area (Å²) < 4.78 is 37.4. The topological polar surface area (TPSA) is 118 Å². The quantitative estimate of drug-likeness (QED) is 0.617. The minimum absolute atomic E-state index is 0.0871. The second-order valence-electron chi connectivity index (χ2n) is 7.25. The first kappa shape index (κ1) is 22.0. The van der Waals surface area contributed by atoms with Gasteiger partial charge in [-0.15, -0.1) is 0 Å². The van der Waals surface area contributed by atoms with E-state index in [0.717, 1.165) is 0 Å². The average molecular weight is 436 g/mol. The monoisotopic (exact) mass is 435 g/mol. The number of methoxy groups -OCH3 is 1. The van der Waals surface area contributed by atoms with Crippen molar-refractivity contribution >= 4 is 27.5 Å². The number of nitrogens with one attached hydrogen (secondary N) is 2. The number of carbonyl (C=O) groups is 2. The Morgan fingerprint density at radius 1 is 1.30 bits per heavy atom. The van der Waals surface area contributed by atoms with Crippen LogP contribution in [0.2, 0.25) is 0 Å². The van der Waals surface area contributed by atoms with E-state index in [9.17, 15) is 18.0 Å². The predicted octanol–water partition coefficient (Wildman–Crippen LogP) is 1.58. The second kappa shape index (κ2) is 9.41. The molecule has 0 radical (unpaired) electrons. The summed E-state index contributed by atoms with van der Waals surface area (Å²) in [5.41, 5.74) is 0.459. The summed E-state index contributed by atoms with van der Waals surface area (Å²) in [6.07, 6.45) is 1.66. The maximum atomic E-state index is 12.5. The van der Waals surface area contributed by atoms with Crippen LogP contribution in [0.25, 0.3) is 0 Å². The molecule has 30 heavy (non-hydrogen) atoms. The van der Waals surface area contributed by atoms with Crippen LogP contribution in [-0.4, -0.2) is 51.4 Å². The Morgan fingerprint density at radius 3 is 2.67 bits per heavy atom. The second-order valence-corrected chi connectivity index (χ2v) is 8.96. The fraction of sp³-hybridized carbons (Fsp3) is 0.400. The molecule has 10 heteroatoms. The van der Waals surface area contributed by atoms with Crippen molar-refractivity contribution in [3.63, 3.8) is 0 Å². The summed E-state index contributed by atoms with van der Waals surface area (Å²) in [6.45, 7) is 2.59. The molecule has 3 rings (SSSR count). The maximum absolute atomic E-state index is 12.5. The molecule has 2 unspecified atom stereocenters. The highest BCUT2D eigenvalue weighted by atomic mass is 32.2. The van der Waals surface area contributed by atoms with E-state index in [1.54, 1.807) is 24.0 Å². The summed E-state index contributed by atoms with van der Waals surface area (Å²) in [6, 6.07) is 9.03. The Kier molecular flexibility index (Phi) is 6.91. The summed E-state index contributed by atoms with van der Waals surface area (Å²) in [5, 5.41) is 2.75. The van der Waals surface area contributed by atoms with Crippen LogP contribution in [0.3, 0.4) is 0 Å². The van der Waals surface area contributed by atoms with Crippen molar-refractivity contribution in [1.29, 1.82) is 0 Å². The molecule has 2 N–H and O–H groups in total. The summed E-state index contributed by atoms with van der Waals surface area (Å²) in [5.74, 6) is -0.209. The number of sulfonamides is 1. The lowest BCUT2D eigenvalue weighted by atomic mass is 10.1. The van der Waals surface area contributed by atoms with Gasteiger partial charge in [0.2, 0.25) is 21.8 Å². The lowest BCUT2D eigenvalue weighted by molar-refractivity contribution is -0.128. The van der Waals surface area contributed by atoms with E-state index < -0.39 is 15.9 Å². The molecule has 1 aliphatic rings. The van der Waals surface area contributed by atoms with Gasteiger partial charge in [-0.3, -0.25) is 9.59 Å². The highest BCUT2D eigenvalue weighted by molar-refractivity contribution is 7.89. The van der Waals surface area contributed by atoms with Gasteiger partial charge in [-0.2, -0.15) is 0 Å². The average Bonchev–Trinajstić information content (AvgIpc) is 3.32. The Balaban J connectivity index is 1.57. The molecule has 1 aromatic heterocycles. The molecular weight excluding hydrogens is 410 g/mol. The smallest absolute Gasteiger partial charge is 0.240 e. The fourth-order valence-electron chi connectivity index (χ4n) is 3.27. The van der Waals surface area contributed by atoms with Crippen LogP contribution in [0.5, 0.6) is 0 Å². The van der Waals surface area contributed by atoms with Gasteiger partial charge in [0, 0.05) is 31.8 Å². The van der Waals surface area contributed by atoms with E-state index in [0.29, 0.717) is 24.5 Å². The van der Waals surface area contributed by atoms with Crippen molar-refractivity contribution in [2.45, 2.75) is 30.8 Å². The standard InChI is InChI=1S/C20H25N3O6S/c1-14(13-28-2)22-30(26,27)18-7-5-16(6-8-18)21-20(25)15-10-19(24)23(11-15)12-17-4-3-9-29-17/h3-9,14-15,22H,10-13H2,1-2H3,(H,21,25). The third-order valence-electron chi connectivity index (χ3n) is 4.72. The van der Waals surface area contributed by atoms with Gasteiger partial charge in [-0.1, -0.05) is 0 Å². The molecule has 2 heterocycles. The number of benzene rings is 1. The summed E-state index contributed by atoms with van der Waals surface area (Å²) in [7, 11) is -2.19. The zero-order valence-electron chi connectivity index (χ0n) is 16.8. The molecule has 0 spiro atoms. The molecule has 1 aliphatic heterocycles. The van der Waals surface area contributed by atoms with Crippen LogP contribution in [0, 0.1) is 5.92 Å². The number of likely N-dealkylation sites (tertiary alicyclic amines) is 1. The number of rotatable bonds is 9. The number of hydrogen-bond donors (Lipinski definition) is 2. The Bertz CT molecular complexity index is 972. The molecular formula is C20H25N3O6S. The number of nitrogens with zero attached hydrogens (tertiary/aromatic N) is 1. The molecule has 1 fully saturated rings. The van der Waals surface area contributed by atoms with Crippen LogP contribution in [0.1, 0.15) is 19.1 Å². The van der Waals surface area contributed by atoms with Crippen LogP contribution in [0.4, 0.5) is 5.69 Å². The number of ether oxygens (including phenoxy) is 1. The molecule has 162 valence electrons. The highest BCUT2D eigenvalue weighted by Crippen LogP contribution is 2.22. The van der Waals surface area contributed by atoms with Crippen LogP contribution >= 0.6 is 0 Å². The van der Waals surface area contributed by atoms with Gasteiger partial charge in [0.25, 0.3) is 0 Å². The van der Waals surface area contributed by atoms with Crippen molar-refractivity contribution in [2.24, 2.45) is 5.92 Å². The molecule has 2 atom stereocenters. The fourth-order valence-corrected chi connectivity index (χ4v) is 4.50. The van der Waals surface area contributed by atoms with Crippen molar-refractivity contribution in [2.75, 3.05) is 25.6 Å². The third-order valence-corrected chi connectivity index (χ3v) is 6.32. The van der Waals surface area contributed by atoms with Gasteiger partial charge in [0.05, 0.1) is 30.2 Å². The maximum Gasteiger partial charge on any atom is 0.240 e. The van der Waals surface area contributed by atoms with Gasteiger partial charge in [0.15, 0.2) is 0 Å². The first-order valence-corrected chi connectivity index (χ1v) is 11.0. The molecule has 2 aromatic rings. The van der Waals surface area contributed by atoms with E-state index in [-0.39, 0.29) is 35.8 Å². The Morgan fingerprint density at radius 2 is 2.03 bits per heavy atom. The van der Waals surface area contributed by atoms with E-state index in [4.69, 9.17) is 9.15 Å². The first-order chi connectivity index (χ1) is 14.3. The minimum atomic E-state index is -3.69. The van der Waals surface area contributed by atoms with Gasteiger partial charge in [-0.05, 0) is 43.3 Å².